The Morgan fingerprint density at radius 1 is 1.50 bits per heavy atom. The third kappa shape index (κ3) is 1.34. The third-order valence-corrected chi connectivity index (χ3v) is 1.86. The van der Waals surface area contributed by atoms with Crippen LogP contribution in [0.3, 0.4) is 0 Å². The Morgan fingerprint density at radius 3 is 2.70 bits per heavy atom. The van der Waals surface area contributed by atoms with E-state index in [-0.39, 0.29) is 8.46 Å². The average Bonchev–Trinajstić information content (AvgIpc) is 1.95. The van der Waals surface area contributed by atoms with E-state index < -0.39 is 0 Å². The maximum absolute atomic E-state index is 10.3. The number of benzene rings is 1. The predicted molar refractivity (Wildman–Crippen MR) is 42.8 cm³/mol. The lowest BCUT2D eigenvalue weighted by Gasteiger charge is -1.97. The van der Waals surface area contributed by atoms with Gasteiger partial charge < -0.3 is 5.73 Å². The van der Waals surface area contributed by atoms with Gasteiger partial charge in [0.15, 0.2) is 8.46 Å². The van der Waals surface area contributed by atoms with Crippen LogP contribution in [0.2, 0.25) is 0 Å². The molecule has 10 heavy (non-hydrogen) atoms. The summed E-state index contributed by atoms with van der Waals surface area (Å²) in [6.07, 6.45) is 0. The minimum atomic E-state index is 0.0272. The molecule has 0 amide bonds. The van der Waals surface area contributed by atoms with Crippen molar-refractivity contribution in [2.45, 2.75) is 6.92 Å². The molecule has 0 atom stereocenters. The fourth-order valence-corrected chi connectivity index (χ4v) is 1.01. The highest BCUT2D eigenvalue weighted by atomic mass is 31.1. The number of nitrogen functional groups attached to an aromatic ring is 1. The van der Waals surface area contributed by atoms with Crippen LogP contribution in [-0.4, -0.2) is 0 Å². The minimum Gasteiger partial charge on any atom is -0.398 e. The van der Waals surface area contributed by atoms with Crippen molar-refractivity contribution in [3.05, 3.63) is 23.8 Å². The molecule has 0 saturated heterocycles. The summed E-state index contributed by atoms with van der Waals surface area (Å²) < 4.78 is 10.3. The van der Waals surface area contributed by atoms with Gasteiger partial charge in [0.2, 0.25) is 0 Å². The molecule has 0 radical (unpaired) electrons. The summed E-state index contributed by atoms with van der Waals surface area (Å²) in [4.78, 5) is 0. The van der Waals surface area contributed by atoms with Gasteiger partial charge in [-0.1, -0.05) is 6.07 Å². The van der Waals surface area contributed by atoms with E-state index >= 15 is 0 Å². The molecule has 0 unspecified atom stereocenters. The molecule has 0 saturated carbocycles. The topological polar surface area (TPSA) is 43.1 Å². The normalized spacial score (nSPS) is 10.1. The first-order valence-electron chi connectivity index (χ1n) is 2.93. The fourth-order valence-electron chi connectivity index (χ4n) is 0.685. The Balaban J connectivity index is 3.16. The van der Waals surface area contributed by atoms with Crippen LogP contribution in [0, 0.1) is 6.92 Å². The molecule has 0 aliphatic carbocycles. The van der Waals surface area contributed by atoms with E-state index in [4.69, 9.17) is 5.73 Å². The van der Waals surface area contributed by atoms with Crippen LogP contribution < -0.4 is 11.0 Å². The van der Waals surface area contributed by atoms with Gasteiger partial charge in [-0.25, -0.2) is 0 Å². The zero-order chi connectivity index (χ0) is 7.56. The summed E-state index contributed by atoms with van der Waals surface area (Å²) >= 11 is 0. The van der Waals surface area contributed by atoms with E-state index in [1.165, 1.54) is 0 Å². The summed E-state index contributed by atoms with van der Waals surface area (Å²) in [5.41, 5.74) is 7.27. The second-order valence-corrected chi connectivity index (χ2v) is 2.83. The lowest BCUT2D eigenvalue weighted by atomic mass is 10.2. The molecular weight excluding hydrogens is 145 g/mol. The molecule has 2 nitrogen and oxygen atoms in total. The van der Waals surface area contributed by atoms with Crippen LogP contribution in [0.5, 0.6) is 0 Å². The Labute approximate surface area is 61.3 Å². The van der Waals surface area contributed by atoms with E-state index in [2.05, 4.69) is 0 Å². The van der Waals surface area contributed by atoms with E-state index in [1.807, 2.05) is 13.0 Å². The monoisotopic (exact) mass is 153 g/mol. The number of hydrogen-bond donors (Lipinski definition) is 1. The maximum atomic E-state index is 10.3. The van der Waals surface area contributed by atoms with Crippen LogP contribution in [0.4, 0.5) is 5.69 Å². The SMILES string of the molecule is Cc1ccc(P=O)cc1N. The van der Waals surface area contributed by atoms with E-state index in [1.54, 1.807) is 12.1 Å². The molecule has 0 heterocycles. The van der Waals surface area contributed by atoms with Crippen molar-refractivity contribution < 1.29 is 4.57 Å². The van der Waals surface area contributed by atoms with E-state index in [0.29, 0.717) is 5.69 Å². The number of hydrogen-bond acceptors (Lipinski definition) is 2. The molecule has 0 bridgehead atoms. The maximum Gasteiger partial charge on any atom is 0.192 e. The third-order valence-electron chi connectivity index (χ3n) is 1.37. The van der Waals surface area contributed by atoms with Crippen molar-refractivity contribution in [1.82, 2.24) is 0 Å². The largest absolute Gasteiger partial charge is 0.398 e. The van der Waals surface area contributed by atoms with Gasteiger partial charge in [0, 0.05) is 11.0 Å². The van der Waals surface area contributed by atoms with Crippen molar-refractivity contribution in [1.29, 1.82) is 0 Å². The minimum absolute atomic E-state index is 0.0272. The first kappa shape index (κ1) is 7.23. The van der Waals surface area contributed by atoms with Gasteiger partial charge in [0.05, 0.1) is 0 Å². The van der Waals surface area contributed by atoms with Crippen molar-refractivity contribution in [3.8, 4) is 0 Å². The van der Waals surface area contributed by atoms with Crippen LogP contribution in [-0.2, 0) is 4.57 Å². The highest BCUT2D eigenvalue weighted by Gasteiger charge is 1.94. The first-order chi connectivity index (χ1) is 4.74. The lowest BCUT2D eigenvalue weighted by Crippen LogP contribution is -1.96. The average molecular weight is 153 g/mol. The molecule has 0 aliphatic rings. The molecule has 1 rings (SSSR count). The molecular formula is C7H8NOP. The highest BCUT2D eigenvalue weighted by Crippen LogP contribution is 2.09. The van der Waals surface area contributed by atoms with Gasteiger partial charge in [-0.3, -0.25) is 4.57 Å². The predicted octanol–water partition coefficient (Wildman–Crippen LogP) is 1.49. The molecule has 1 aromatic rings. The number of rotatable bonds is 1. The van der Waals surface area contributed by atoms with E-state index in [9.17, 15) is 4.57 Å². The summed E-state index contributed by atoms with van der Waals surface area (Å²) in [5.74, 6) is 0. The van der Waals surface area contributed by atoms with Gasteiger partial charge >= 0.3 is 0 Å². The Kier molecular flexibility index (Phi) is 2.03. The van der Waals surface area contributed by atoms with Gasteiger partial charge in [-0.15, -0.1) is 0 Å². The van der Waals surface area contributed by atoms with Crippen molar-refractivity contribution in [3.63, 3.8) is 0 Å². The van der Waals surface area contributed by atoms with Gasteiger partial charge in [0.1, 0.15) is 0 Å². The smallest absolute Gasteiger partial charge is 0.192 e. The summed E-state index contributed by atoms with van der Waals surface area (Å²) in [6.45, 7) is 1.92. The Morgan fingerprint density at radius 2 is 2.20 bits per heavy atom. The summed E-state index contributed by atoms with van der Waals surface area (Å²) in [5, 5.41) is 0.725. The van der Waals surface area contributed by atoms with Crippen LogP contribution >= 0.6 is 8.46 Å². The molecule has 0 aromatic heterocycles. The van der Waals surface area contributed by atoms with Gasteiger partial charge in [-0.05, 0) is 24.6 Å². The highest BCUT2D eigenvalue weighted by molar-refractivity contribution is 7.34. The van der Waals surface area contributed by atoms with Crippen molar-refractivity contribution in [2.24, 2.45) is 0 Å². The molecule has 0 aliphatic heterocycles. The van der Waals surface area contributed by atoms with E-state index in [0.717, 1.165) is 10.9 Å². The second-order valence-electron chi connectivity index (χ2n) is 2.13. The fraction of sp³-hybridized carbons (Fsp3) is 0.143. The lowest BCUT2D eigenvalue weighted by molar-refractivity contribution is 0.603. The van der Waals surface area contributed by atoms with Crippen molar-refractivity contribution >= 4 is 19.5 Å². The molecule has 2 N–H and O–H groups in total. The number of anilines is 1. The standard InChI is InChI=1S/C7H8NOP/c1-5-2-3-6(10-9)4-7(5)8/h2-4H,8H2,1H3. The summed E-state index contributed by atoms with van der Waals surface area (Å²) in [6, 6.07) is 5.36. The van der Waals surface area contributed by atoms with Crippen LogP contribution in [0.1, 0.15) is 5.56 Å². The van der Waals surface area contributed by atoms with Gasteiger partial charge in [-0.2, -0.15) is 0 Å². The first-order valence-corrected chi connectivity index (χ1v) is 3.75. The molecule has 3 heteroatoms. The summed E-state index contributed by atoms with van der Waals surface area (Å²) in [7, 11) is 0.0272. The molecule has 0 spiro atoms. The Bertz CT molecular complexity index is 260. The Hall–Kier alpha value is -0.880. The molecule has 1 aromatic carbocycles. The zero-order valence-corrected chi connectivity index (χ0v) is 6.56. The number of nitrogens with two attached hydrogens (primary N) is 1. The zero-order valence-electron chi connectivity index (χ0n) is 5.66. The molecule has 52 valence electrons. The van der Waals surface area contributed by atoms with Gasteiger partial charge in [0.25, 0.3) is 0 Å². The molecule has 0 fully saturated rings. The van der Waals surface area contributed by atoms with Crippen LogP contribution in [0.15, 0.2) is 18.2 Å². The second kappa shape index (κ2) is 2.80. The van der Waals surface area contributed by atoms with Crippen LogP contribution in [0.25, 0.3) is 0 Å². The quantitative estimate of drug-likeness (QED) is 0.490. The van der Waals surface area contributed by atoms with Crippen molar-refractivity contribution in [2.75, 3.05) is 5.73 Å². The number of aryl methyl sites for hydroxylation is 1.